The summed E-state index contributed by atoms with van der Waals surface area (Å²) in [6, 6.07) is 13.3. The number of para-hydroxylation sites is 2. The molecule has 0 fully saturated rings. The number of rotatable bonds is 5. The lowest BCUT2D eigenvalue weighted by Gasteiger charge is -2.03. The van der Waals surface area contributed by atoms with Crippen LogP contribution in [0.2, 0.25) is 5.02 Å². The molecule has 23 heavy (non-hydrogen) atoms. The second-order valence-corrected chi connectivity index (χ2v) is 5.08. The zero-order valence-corrected chi connectivity index (χ0v) is 12.6. The van der Waals surface area contributed by atoms with Crippen molar-refractivity contribution in [3.63, 3.8) is 0 Å². The Morgan fingerprint density at radius 2 is 1.91 bits per heavy atom. The van der Waals surface area contributed by atoms with E-state index in [1.165, 1.54) is 12.1 Å². The minimum atomic E-state index is -0.496. The van der Waals surface area contributed by atoms with Crippen LogP contribution in [-0.2, 0) is 6.61 Å². The van der Waals surface area contributed by atoms with E-state index in [0.717, 1.165) is 5.56 Å². The van der Waals surface area contributed by atoms with Crippen molar-refractivity contribution in [2.24, 2.45) is 0 Å². The zero-order chi connectivity index (χ0) is 16.2. The Morgan fingerprint density at radius 3 is 2.65 bits per heavy atom. The van der Waals surface area contributed by atoms with Crippen LogP contribution in [-0.4, -0.2) is 9.91 Å². The SMILES string of the molecule is O=[N+]([O-])c1ccccc1OCc1ncc(-c2ccc(Cl)cc2)o1. The normalized spacial score (nSPS) is 10.5. The summed E-state index contributed by atoms with van der Waals surface area (Å²) in [5, 5.41) is 11.6. The third-order valence-corrected chi connectivity index (χ3v) is 3.35. The van der Waals surface area contributed by atoms with Crippen molar-refractivity contribution >= 4 is 17.3 Å². The topological polar surface area (TPSA) is 78.4 Å². The average Bonchev–Trinajstić information content (AvgIpc) is 3.03. The number of ether oxygens (including phenoxy) is 1. The van der Waals surface area contributed by atoms with E-state index in [9.17, 15) is 10.1 Å². The highest BCUT2D eigenvalue weighted by atomic mass is 35.5. The number of oxazole rings is 1. The zero-order valence-electron chi connectivity index (χ0n) is 11.8. The van der Waals surface area contributed by atoms with Crippen LogP contribution in [0.1, 0.15) is 5.89 Å². The summed E-state index contributed by atoms with van der Waals surface area (Å²) in [5.41, 5.74) is 0.732. The van der Waals surface area contributed by atoms with Crippen molar-refractivity contribution in [3.8, 4) is 17.1 Å². The predicted octanol–water partition coefficient (Wildman–Crippen LogP) is 4.48. The van der Waals surface area contributed by atoms with Gasteiger partial charge in [-0.05, 0) is 30.3 Å². The molecule has 2 aromatic carbocycles. The molecule has 0 amide bonds. The molecule has 1 aromatic heterocycles. The molecule has 0 unspecified atom stereocenters. The summed E-state index contributed by atoms with van der Waals surface area (Å²) in [6.45, 7) is -0.00154. The maximum absolute atomic E-state index is 10.9. The first-order valence-corrected chi connectivity index (χ1v) is 7.08. The first-order chi connectivity index (χ1) is 11.1. The van der Waals surface area contributed by atoms with Crippen LogP contribution in [0.4, 0.5) is 5.69 Å². The summed E-state index contributed by atoms with van der Waals surface area (Å²) >= 11 is 5.84. The van der Waals surface area contributed by atoms with E-state index in [1.54, 1.807) is 30.5 Å². The van der Waals surface area contributed by atoms with Crippen LogP contribution >= 0.6 is 11.6 Å². The quantitative estimate of drug-likeness (QED) is 0.509. The van der Waals surface area contributed by atoms with Gasteiger partial charge in [0.2, 0.25) is 5.89 Å². The lowest BCUT2D eigenvalue weighted by atomic mass is 10.2. The van der Waals surface area contributed by atoms with E-state index < -0.39 is 4.92 Å². The molecule has 3 aromatic rings. The van der Waals surface area contributed by atoms with Crippen LogP contribution in [0.25, 0.3) is 11.3 Å². The molecule has 1 heterocycles. The van der Waals surface area contributed by atoms with Gasteiger partial charge in [0.15, 0.2) is 18.1 Å². The molecular formula is C16H11ClN2O4. The molecule has 0 aliphatic carbocycles. The molecule has 0 N–H and O–H groups in total. The minimum Gasteiger partial charge on any atom is -0.477 e. The number of nitrogens with zero attached hydrogens (tertiary/aromatic N) is 2. The summed E-state index contributed by atoms with van der Waals surface area (Å²) in [4.78, 5) is 14.5. The van der Waals surface area contributed by atoms with Gasteiger partial charge in [-0.3, -0.25) is 10.1 Å². The second-order valence-electron chi connectivity index (χ2n) is 4.64. The number of nitro benzene ring substituents is 1. The Labute approximate surface area is 136 Å². The van der Waals surface area contributed by atoms with Gasteiger partial charge in [0, 0.05) is 16.7 Å². The average molecular weight is 331 g/mol. The third kappa shape index (κ3) is 3.49. The summed E-state index contributed by atoms with van der Waals surface area (Å²) in [7, 11) is 0. The lowest BCUT2D eigenvalue weighted by Crippen LogP contribution is -1.98. The number of aromatic nitrogens is 1. The number of hydrogen-bond acceptors (Lipinski definition) is 5. The maximum Gasteiger partial charge on any atom is 0.310 e. The lowest BCUT2D eigenvalue weighted by molar-refractivity contribution is -0.386. The molecule has 0 saturated heterocycles. The summed E-state index contributed by atoms with van der Waals surface area (Å²) in [5.74, 6) is 1.07. The van der Waals surface area contributed by atoms with Gasteiger partial charge in [0.1, 0.15) is 0 Å². The van der Waals surface area contributed by atoms with Gasteiger partial charge < -0.3 is 9.15 Å². The van der Waals surface area contributed by atoms with Gasteiger partial charge in [0.05, 0.1) is 11.1 Å². The fourth-order valence-electron chi connectivity index (χ4n) is 1.99. The standard InChI is InChI=1S/C16H11ClN2O4/c17-12-7-5-11(6-8-12)15-9-18-16(23-15)10-22-14-4-2-1-3-13(14)19(20)21/h1-9H,10H2. The van der Waals surface area contributed by atoms with Gasteiger partial charge in [-0.1, -0.05) is 23.7 Å². The van der Waals surface area contributed by atoms with Gasteiger partial charge >= 0.3 is 5.69 Å². The molecule has 0 spiro atoms. The third-order valence-electron chi connectivity index (χ3n) is 3.10. The van der Waals surface area contributed by atoms with Gasteiger partial charge in [-0.2, -0.15) is 0 Å². The predicted molar refractivity (Wildman–Crippen MR) is 84.4 cm³/mol. The van der Waals surface area contributed by atoms with E-state index in [4.69, 9.17) is 20.8 Å². The fourth-order valence-corrected chi connectivity index (χ4v) is 2.12. The Morgan fingerprint density at radius 1 is 1.17 bits per heavy atom. The maximum atomic E-state index is 10.9. The van der Waals surface area contributed by atoms with E-state index in [2.05, 4.69) is 4.98 Å². The van der Waals surface area contributed by atoms with Crippen LogP contribution in [0.3, 0.4) is 0 Å². The molecule has 0 saturated carbocycles. The Kier molecular flexibility index (Phi) is 4.25. The largest absolute Gasteiger partial charge is 0.477 e. The van der Waals surface area contributed by atoms with Gasteiger partial charge in [0.25, 0.3) is 0 Å². The van der Waals surface area contributed by atoms with E-state index >= 15 is 0 Å². The summed E-state index contributed by atoms with van der Waals surface area (Å²) < 4.78 is 11.0. The van der Waals surface area contributed by atoms with Crippen molar-refractivity contribution in [3.05, 3.63) is 75.8 Å². The van der Waals surface area contributed by atoms with Crippen molar-refractivity contribution in [1.29, 1.82) is 0 Å². The molecule has 0 bridgehead atoms. The van der Waals surface area contributed by atoms with E-state index in [-0.39, 0.29) is 18.0 Å². The molecule has 0 radical (unpaired) electrons. The number of halogens is 1. The van der Waals surface area contributed by atoms with Crippen LogP contribution in [0.15, 0.2) is 59.1 Å². The highest BCUT2D eigenvalue weighted by molar-refractivity contribution is 6.30. The van der Waals surface area contributed by atoms with Crippen molar-refractivity contribution < 1.29 is 14.1 Å². The molecular weight excluding hydrogens is 320 g/mol. The monoisotopic (exact) mass is 330 g/mol. The van der Waals surface area contributed by atoms with Crippen molar-refractivity contribution in [2.75, 3.05) is 0 Å². The first-order valence-electron chi connectivity index (χ1n) is 6.70. The number of nitro groups is 1. The highest BCUT2D eigenvalue weighted by Crippen LogP contribution is 2.27. The molecule has 3 rings (SSSR count). The Hall–Kier alpha value is -2.86. The second kappa shape index (κ2) is 6.50. The summed E-state index contributed by atoms with van der Waals surface area (Å²) in [6.07, 6.45) is 1.57. The van der Waals surface area contributed by atoms with Crippen LogP contribution in [0, 0.1) is 10.1 Å². The molecule has 0 aliphatic heterocycles. The molecule has 6 nitrogen and oxygen atoms in total. The fraction of sp³-hybridized carbons (Fsp3) is 0.0625. The van der Waals surface area contributed by atoms with Crippen LogP contribution in [0.5, 0.6) is 5.75 Å². The van der Waals surface area contributed by atoms with Crippen LogP contribution < -0.4 is 4.74 Å². The molecule has 7 heteroatoms. The smallest absolute Gasteiger partial charge is 0.310 e. The van der Waals surface area contributed by atoms with Crippen molar-refractivity contribution in [2.45, 2.75) is 6.61 Å². The Bertz CT molecular complexity index is 830. The van der Waals surface area contributed by atoms with Gasteiger partial charge in [-0.25, -0.2) is 4.98 Å². The van der Waals surface area contributed by atoms with Crippen molar-refractivity contribution in [1.82, 2.24) is 4.98 Å². The minimum absolute atomic E-state index is 0.00154. The number of hydrogen-bond donors (Lipinski definition) is 0. The molecule has 0 atom stereocenters. The molecule has 0 aliphatic rings. The Balaban J connectivity index is 1.73. The van der Waals surface area contributed by atoms with Gasteiger partial charge in [-0.15, -0.1) is 0 Å². The molecule has 116 valence electrons. The number of benzene rings is 2. The highest BCUT2D eigenvalue weighted by Gasteiger charge is 2.15. The van der Waals surface area contributed by atoms with E-state index in [1.807, 2.05) is 12.1 Å². The van der Waals surface area contributed by atoms with E-state index in [0.29, 0.717) is 16.7 Å². The first kappa shape index (κ1) is 15.1.